The summed E-state index contributed by atoms with van der Waals surface area (Å²) in [5.41, 5.74) is 0.172. The minimum Gasteiger partial charge on any atom is -0.504 e. The number of benzene rings is 2. The number of aromatic nitrogens is 1. The van der Waals surface area contributed by atoms with Crippen LogP contribution in [0.2, 0.25) is 0 Å². The second-order valence-electron chi connectivity index (χ2n) is 4.59. The second-order valence-corrected chi connectivity index (χ2v) is 4.59. The molecule has 7 heteroatoms. The molecule has 0 aliphatic rings. The number of carbonyl (C=O) groups excluding carboxylic acids is 1. The summed E-state index contributed by atoms with van der Waals surface area (Å²) in [4.78, 5) is 12.1. The molecule has 0 aliphatic heterocycles. The largest absolute Gasteiger partial charge is 0.504 e. The normalized spacial score (nSPS) is 10.5. The predicted molar refractivity (Wildman–Crippen MR) is 76.6 cm³/mol. The van der Waals surface area contributed by atoms with E-state index in [1.165, 1.54) is 30.5 Å². The van der Waals surface area contributed by atoms with Gasteiger partial charge in [-0.3, -0.25) is 0 Å². The van der Waals surface area contributed by atoms with Crippen LogP contribution in [-0.4, -0.2) is 21.3 Å². The van der Waals surface area contributed by atoms with Crippen molar-refractivity contribution in [1.29, 1.82) is 0 Å². The number of hydrogen-bond donors (Lipinski definition) is 2. The summed E-state index contributed by atoms with van der Waals surface area (Å²) in [6, 6.07) is 8.98. The van der Waals surface area contributed by atoms with Gasteiger partial charge in [0.25, 0.3) is 0 Å². The molecule has 0 bridgehead atoms. The van der Waals surface area contributed by atoms with Gasteiger partial charge in [-0.15, -0.1) is 0 Å². The Morgan fingerprint density at radius 2 is 1.96 bits per heavy atom. The Bertz CT molecular complexity index is 861. The maximum absolute atomic E-state index is 14.0. The summed E-state index contributed by atoms with van der Waals surface area (Å²) in [6.45, 7) is 0. The van der Waals surface area contributed by atoms with Crippen molar-refractivity contribution in [1.82, 2.24) is 5.16 Å². The number of phenolic OH excluding ortho intramolecular Hbond substituents is 2. The molecule has 0 spiro atoms. The van der Waals surface area contributed by atoms with Crippen molar-refractivity contribution in [2.75, 3.05) is 0 Å². The van der Waals surface area contributed by atoms with Gasteiger partial charge in [0.1, 0.15) is 0 Å². The molecule has 0 unspecified atom stereocenters. The first-order valence-corrected chi connectivity index (χ1v) is 6.50. The van der Waals surface area contributed by atoms with E-state index < -0.39 is 17.5 Å². The van der Waals surface area contributed by atoms with E-state index in [9.17, 15) is 19.4 Å². The molecular formula is C16H10FNO5. The highest BCUT2D eigenvalue weighted by molar-refractivity contribution is 5.92. The number of rotatable bonds is 3. The Morgan fingerprint density at radius 3 is 2.65 bits per heavy atom. The number of carbonyl (C=O) groups is 1. The molecule has 1 heterocycles. The van der Waals surface area contributed by atoms with Gasteiger partial charge in [-0.25, -0.2) is 9.18 Å². The third-order valence-electron chi connectivity index (χ3n) is 3.08. The van der Waals surface area contributed by atoms with Crippen LogP contribution in [0.3, 0.4) is 0 Å². The summed E-state index contributed by atoms with van der Waals surface area (Å²) >= 11 is 0. The molecule has 2 N–H and O–H groups in total. The molecule has 0 radical (unpaired) electrons. The first-order valence-electron chi connectivity index (χ1n) is 6.50. The van der Waals surface area contributed by atoms with E-state index in [0.29, 0.717) is 0 Å². The van der Waals surface area contributed by atoms with Gasteiger partial charge >= 0.3 is 5.97 Å². The molecule has 0 fully saturated rings. The Morgan fingerprint density at radius 1 is 1.13 bits per heavy atom. The number of hydrogen-bond acceptors (Lipinski definition) is 6. The number of para-hydroxylation sites is 1. The molecule has 6 nitrogen and oxygen atoms in total. The smallest absolute Gasteiger partial charge is 0.343 e. The number of ether oxygens (including phenoxy) is 1. The van der Waals surface area contributed by atoms with Crippen LogP contribution in [0.15, 0.2) is 53.2 Å². The maximum atomic E-state index is 14.0. The molecule has 0 amide bonds. The van der Waals surface area contributed by atoms with Crippen molar-refractivity contribution in [2.45, 2.75) is 0 Å². The number of aromatic hydroxyl groups is 2. The Hall–Kier alpha value is -3.35. The second kappa shape index (κ2) is 5.80. The maximum Gasteiger partial charge on any atom is 0.343 e. The summed E-state index contributed by atoms with van der Waals surface area (Å²) in [5.74, 6) is -2.60. The Kier molecular flexibility index (Phi) is 3.68. The molecule has 3 aromatic rings. The van der Waals surface area contributed by atoms with E-state index in [4.69, 9.17) is 9.26 Å². The van der Waals surface area contributed by atoms with Crippen LogP contribution in [0.25, 0.3) is 11.3 Å². The summed E-state index contributed by atoms with van der Waals surface area (Å²) < 4.78 is 24.1. The lowest BCUT2D eigenvalue weighted by atomic mass is 10.1. The number of halogens is 1. The third kappa shape index (κ3) is 2.84. The molecule has 3 rings (SSSR count). The highest BCUT2D eigenvalue weighted by Crippen LogP contribution is 2.33. The third-order valence-corrected chi connectivity index (χ3v) is 3.08. The van der Waals surface area contributed by atoms with E-state index in [2.05, 4.69) is 5.16 Å². The standard InChI is InChI=1S/C16H10FNO5/c17-11-3-1-2-10(14-6-7-18-23-14)15(11)22-16(21)9-4-5-12(19)13(20)8-9/h1-8,19-20H. The van der Waals surface area contributed by atoms with Crippen LogP contribution in [0.4, 0.5) is 4.39 Å². The van der Waals surface area contributed by atoms with E-state index >= 15 is 0 Å². The molecule has 0 saturated carbocycles. The van der Waals surface area contributed by atoms with Crippen LogP contribution in [0.5, 0.6) is 17.2 Å². The van der Waals surface area contributed by atoms with Crippen molar-refractivity contribution in [3.8, 4) is 28.6 Å². The quantitative estimate of drug-likeness (QED) is 0.438. The van der Waals surface area contributed by atoms with Crippen molar-refractivity contribution in [2.24, 2.45) is 0 Å². The zero-order valence-electron chi connectivity index (χ0n) is 11.6. The van der Waals surface area contributed by atoms with E-state index in [0.717, 1.165) is 18.2 Å². The molecule has 1 aromatic heterocycles. The highest BCUT2D eigenvalue weighted by atomic mass is 19.1. The van der Waals surface area contributed by atoms with Crippen LogP contribution >= 0.6 is 0 Å². The van der Waals surface area contributed by atoms with E-state index in [-0.39, 0.29) is 28.4 Å². The lowest BCUT2D eigenvalue weighted by Crippen LogP contribution is -2.10. The van der Waals surface area contributed by atoms with Crippen molar-refractivity contribution >= 4 is 5.97 Å². The molecule has 0 saturated heterocycles. The monoisotopic (exact) mass is 315 g/mol. The fourth-order valence-electron chi connectivity index (χ4n) is 1.96. The summed E-state index contributed by atoms with van der Waals surface area (Å²) in [5, 5.41) is 22.2. The zero-order valence-corrected chi connectivity index (χ0v) is 11.6. The average Bonchev–Trinajstić information content (AvgIpc) is 3.06. The molecule has 2 aromatic carbocycles. The van der Waals surface area contributed by atoms with Crippen LogP contribution in [0, 0.1) is 5.82 Å². The first-order chi connectivity index (χ1) is 11.1. The van der Waals surface area contributed by atoms with Gasteiger partial charge in [-0.2, -0.15) is 0 Å². The number of esters is 1. The molecular weight excluding hydrogens is 305 g/mol. The summed E-state index contributed by atoms with van der Waals surface area (Å²) in [6.07, 6.45) is 1.38. The molecule has 23 heavy (non-hydrogen) atoms. The van der Waals surface area contributed by atoms with E-state index in [1.54, 1.807) is 0 Å². The molecule has 0 aliphatic carbocycles. The zero-order chi connectivity index (χ0) is 16.4. The van der Waals surface area contributed by atoms with Crippen molar-refractivity contribution < 1.29 is 28.7 Å². The summed E-state index contributed by atoms with van der Waals surface area (Å²) in [7, 11) is 0. The van der Waals surface area contributed by atoms with Gasteiger partial charge in [0.15, 0.2) is 28.8 Å². The van der Waals surface area contributed by atoms with Gasteiger partial charge in [-0.1, -0.05) is 11.2 Å². The Balaban J connectivity index is 1.96. The molecule has 0 atom stereocenters. The minimum absolute atomic E-state index is 0.0490. The molecule has 116 valence electrons. The van der Waals surface area contributed by atoms with Gasteiger partial charge < -0.3 is 19.5 Å². The fourth-order valence-corrected chi connectivity index (χ4v) is 1.96. The van der Waals surface area contributed by atoms with Gasteiger partial charge in [0, 0.05) is 6.07 Å². The topological polar surface area (TPSA) is 92.8 Å². The lowest BCUT2D eigenvalue weighted by molar-refractivity contribution is 0.0728. The van der Waals surface area contributed by atoms with Gasteiger partial charge in [-0.05, 0) is 30.3 Å². The average molecular weight is 315 g/mol. The first kappa shape index (κ1) is 14.6. The minimum atomic E-state index is -0.897. The van der Waals surface area contributed by atoms with Crippen molar-refractivity contribution in [3.05, 3.63) is 60.0 Å². The number of nitrogens with zero attached hydrogens (tertiary/aromatic N) is 1. The fraction of sp³-hybridized carbons (Fsp3) is 0. The van der Waals surface area contributed by atoms with Crippen LogP contribution < -0.4 is 4.74 Å². The van der Waals surface area contributed by atoms with Crippen molar-refractivity contribution in [3.63, 3.8) is 0 Å². The number of phenols is 2. The van der Waals surface area contributed by atoms with Crippen LogP contribution in [0.1, 0.15) is 10.4 Å². The van der Waals surface area contributed by atoms with E-state index in [1.807, 2.05) is 0 Å². The SMILES string of the molecule is O=C(Oc1c(F)cccc1-c1ccno1)c1ccc(O)c(O)c1. The van der Waals surface area contributed by atoms with Crippen LogP contribution in [-0.2, 0) is 0 Å². The highest BCUT2D eigenvalue weighted by Gasteiger charge is 2.19. The van der Waals surface area contributed by atoms with Gasteiger partial charge in [0.2, 0.25) is 0 Å². The Labute approximate surface area is 129 Å². The van der Waals surface area contributed by atoms with Gasteiger partial charge in [0.05, 0.1) is 17.3 Å². The lowest BCUT2D eigenvalue weighted by Gasteiger charge is -2.09. The predicted octanol–water partition coefficient (Wildman–Crippen LogP) is 3.11.